The van der Waals surface area contributed by atoms with E-state index in [4.69, 9.17) is 5.73 Å². The fraction of sp³-hybridized carbons (Fsp3) is 0.556. The summed E-state index contributed by atoms with van der Waals surface area (Å²) in [5.41, 5.74) is 6.81. The van der Waals surface area contributed by atoms with Gasteiger partial charge in [0.2, 0.25) is 11.8 Å². The Bertz CT molecular complexity index is 516. The van der Waals surface area contributed by atoms with Gasteiger partial charge in [0.25, 0.3) is 0 Å². The predicted octanol–water partition coefficient (Wildman–Crippen LogP) is 1.60. The van der Waals surface area contributed by atoms with Crippen LogP contribution in [0.5, 0.6) is 0 Å². The molecule has 24 heavy (non-hydrogen) atoms. The second-order valence-electron chi connectivity index (χ2n) is 6.37. The zero-order valence-corrected chi connectivity index (χ0v) is 15.1. The third-order valence-corrected chi connectivity index (χ3v) is 4.55. The third kappa shape index (κ3) is 6.13. The summed E-state index contributed by atoms with van der Waals surface area (Å²) >= 11 is 0. The number of halogens is 1. The minimum absolute atomic E-state index is 0. The lowest BCUT2D eigenvalue weighted by Gasteiger charge is -2.32. The highest BCUT2D eigenvalue weighted by Gasteiger charge is 2.23. The van der Waals surface area contributed by atoms with E-state index in [1.54, 1.807) is 6.92 Å². The van der Waals surface area contributed by atoms with Gasteiger partial charge in [-0.15, -0.1) is 12.4 Å². The summed E-state index contributed by atoms with van der Waals surface area (Å²) in [5, 5.41) is 2.67. The summed E-state index contributed by atoms with van der Waals surface area (Å²) in [6, 6.07) is 10.5. The van der Waals surface area contributed by atoms with Crippen molar-refractivity contribution < 1.29 is 9.59 Å². The van der Waals surface area contributed by atoms with Crippen molar-refractivity contribution in [3.8, 4) is 0 Å². The largest absolute Gasteiger partial charge is 0.347 e. The Hall–Kier alpha value is -1.59. The first kappa shape index (κ1) is 20.5. The molecule has 0 radical (unpaired) electrons. The minimum atomic E-state index is -0.251. The van der Waals surface area contributed by atoms with E-state index in [0.717, 1.165) is 32.4 Å². The van der Waals surface area contributed by atoms with E-state index in [9.17, 15) is 9.59 Å². The first-order valence-electron chi connectivity index (χ1n) is 8.39. The van der Waals surface area contributed by atoms with Gasteiger partial charge >= 0.3 is 0 Å². The molecule has 5 nitrogen and oxygen atoms in total. The summed E-state index contributed by atoms with van der Waals surface area (Å²) in [6.45, 7) is 3.68. The molecule has 1 aliphatic heterocycles. The lowest BCUT2D eigenvalue weighted by molar-refractivity contribution is -0.134. The summed E-state index contributed by atoms with van der Waals surface area (Å²) in [5.74, 6) is 0.230. The van der Waals surface area contributed by atoms with E-state index in [2.05, 4.69) is 29.6 Å². The van der Waals surface area contributed by atoms with Crippen LogP contribution in [-0.4, -0.2) is 42.9 Å². The summed E-state index contributed by atoms with van der Waals surface area (Å²) in [4.78, 5) is 25.7. The van der Waals surface area contributed by atoms with Crippen molar-refractivity contribution in [2.75, 3.05) is 26.2 Å². The Kier molecular flexibility index (Phi) is 8.79. The van der Waals surface area contributed by atoms with Gasteiger partial charge in [-0.05, 0) is 30.7 Å². The van der Waals surface area contributed by atoms with Crippen molar-refractivity contribution in [2.24, 2.45) is 17.6 Å². The number of nitrogens with one attached hydrogen (secondary N) is 1. The molecule has 1 saturated heterocycles. The van der Waals surface area contributed by atoms with Crippen LogP contribution in [0.4, 0.5) is 0 Å². The molecule has 0 aliphatic carbocycles. The van der Waals surface area contributed by atoms with Gasteiger partial charge in [0.15, 0.2) is 0 Å². The van der Waals surface area contributed by atoms with Crippen molar-refractivity contribution in [3.05, 3.63) is 35.9 Å². The SMILES string of the molecule is CC(CN)C(=O)NCC(=O)N1CCC(Cc2ccccc2)CC1.Cl. The first-order valence-corrected chi connectivity index (χ1v) is 8.39. The quantitative estimate of drug-likeness (QED) is 0.815. The Morgan fingerprint density at radius 2 is 1.88 bits per heavy atom. The van der Waals surface area contributed by atoms with Gasteiger partial charge in [-0.2, -0.15) is 0 Å². The average molecular weight is 354 g/mol. The fourth-order valence-corrected chi connectivity index (χ4v) is 2.89. The number of amides is 2. The van der Waals surface area contributed by atoms with E-state index >= 15 is 0 Å². The number of nitrogens with zero attached hydrogens (tertiary/aromatic N) is 1. The highest BCUT2D eigenvalue weighted by atomic mass is 35.5. The van der Waals surface area contributed by atoms with Gasteiger partial charge < -0.3 is 16.0 Å². The molecule has 1 aromatic carbocycles. The highest BCUT2D eigenvalue weighted by molar-refractivity contribution is 5.86. The molecule has 0 spiro atoms. The lowest BCUT2D eigenvalue weighted by Crippen LogP contribution is -2.45. The number of benzene rings is 1. The van der Waals surface area contributed by atoms with Crippen LogP contribution >= 0.6 is 12.4 Å². The van der Waals surface area contributed by atoms with Crippen LogP contribution in [0.1, 0.15) is 25.3 Å². The highest BCUT2D eigenvalue weighted by Crippen LogP contribution is 2.21. The van der Waals surface area contributed by atoms with Gasteiger partial charge in [0.05, 0.1) is 6.54 Å². The molecular formula is C18H28ClN3O2. The molecule has 1 fully saturated rings. The molecule has 6 heteroatoms. The minimum Gasteiger partial charge on any atom is -0.347 e. The van der Waals surface area contributed by atoms with Gasteiger partial charge in [-0.25, -0.2) is 0 Å². The zero-order valence-electron chi connectivity index (χ0n) is 14.2. The predicted molar refractivity (Wildman–Crippen MR) is 97.9 cm³/mol. The number of likely N-dealkylation sites (tertiary alicyclic amines) is 1. The topological polar surface area (TPSA) is 75.4 Å². The lowest BCUT2D eigenvalue weighted by atomic mass is 9.90. The number of rotatable bonds is 6. The van der Waals surface area contributed by atoms with Gasteiger partial charge in [-0.1, -0.05) is 37.3 Å². The van der Waals surface area contributed by atoms with Gasteiger partial charge in [-0.3, -0.25) is 9.59 Å². The number of hydrogen-bond donors (Lipinski definition) is 2. The summed E-state index contributed by atoms with van der Waals surface area (Å²) in [6.07, 6.45) is 3.12. The standard InChI is InChI=1S/C18H27N3O2.ClH/c1-14(12-19)18(23)20-13-17(22)21-9-7-16(8-10-21)11-15-5-3-2-4-6-15;/h2-6,14,16H,7-13,19H2,1H3,(H,20,23);1H. The Morgan fingerprint density at radius 3 is 2.46 bits per heavy atom. The van der Waals surface area contributed by atoms with Crippen LogP contribution in [0.25, 0.3) is 0 Å². The maximum absolute atomic E-state index is 12.2. The average Bonchev–Trinajstić information content (AvgIpc) is 2.60. The normalized spacial score (nSPS) is 16.2. The molecule has 1 aromatic rings. The number of piperidine rings is 1. The van der Waals surface area contributed by atoms with Crippen LogP contribution in [0, 0.1) is 11.8 Å². The Labute approximate surface area is 150 Å². The molecule has 0 saturated carbocycles. The van der Waals surface area contributed by atoms with Crippen LogP contribution in [-0.2, 0) is 16.0 Å². The monoisotopic (exact) mass is 353 g/mol. The molecule has 134 valence electrons. The number of hydrogen-bond acceptors (Lipinski definition) is 3. The first-order chi connectivity index (χ1) is 11.1. The second kappa shape index (κ2) is 10.3. The molecule has 1 unspecified atom stereocenters. The van der Waals surface area contributed by atoms with Crippen LogP contribution < -0.4 is 11.1 Å². The summed E-state index contributed by atoms with van der Waals surface area (Å²) in [7, 11) is 0. The zero-order chi connectivity index (χ0) is 16.7. The maximum Gasteiger partial charge on any atom is 0.241 e. The number of nitrogens with two attached hydrogens (primary N) is 1. The molecule has 2 rings (SSSR count). The molecule has 2 amide bonds. The van der Waals surface area contributed by atoms with Crippen LogP contribution in [0.2, 0.25) is 0 Å². The van der Waals surface area contributed by atoms with E-state index in [0.29, 0.717) is 12.5 Å². The number of carbonyl (C=O) groups excluding carboxylic acids is 2. The van der Waals surface area contributed by atoms with Crippen molar-refractivity contribution in [2.45, 2.75) is 26.2 Å². The Balaban J connectivity index is 0.00000288. The molecule has 1 aliphatic rings. The maximum atomic E-state index is 12.2. The van der Waals surface area contributed by atoms with Crippen LogP contribution in [0.3, 0.4) is 0 Å². The molecule has 3 N–H and O–H groups in total. The Morgan fingerprint density at radius 1 is 1.25 bits per heavy atom. The van der Waals surface area contributed by atoms with Crippen molar-refractivity contribution in [3.63, 3.8) is 0 Å². The summed E-state index contributed by atoms with van der Waals surface area (Å²) < 4.78 is 0. The molecule has 1 heterocycles. The van der Waals surface area contributed by atoms with Gasteiger partial charge in [0.1, 0.15) is 0 Å². The van der Waals surface area contributed by atoms with Crippen LogP contribution in [0.15, 0.2) is 30.3 Å². The fourth-order valence-electron chi connectivity index (χ4n) is 2.89. The smallest absolute Gasteiger partial charge is 0.241 e. The van der Waals surface area contributed by atoms with Gasteiger partial charge in [0, 0.05) is 25.6 Å². The van der Waals surface area contributed by atoms with E-state index in [1.165, 1.54) is 5.56 Å². The second-order valence-corrected chi connectivity index (χ2v) is 6.37. The van der Waals surface area contributed by atoms with E-state index < -0.39 is 0 Å². The molecule has 1 atom stereocenters. The molecule has 0 aromatic heterocycles. The molecule has 0 bridgehead atoms. The van der Waals surface area contributed by atoms with E-state index in [-0.39, 0.29) is 36.7 Å². The third-order valence-electron chi connectivity index (χ3n) is 4.55. The van der Waals surface area contributed by atoms with Crippen molar-refractivity contribution in [1.29, 1.82) is 0 Å². The van der Waals surface area contributed by atoms with E-state index in [1.807, 2.05) is 11.0 Å². The van der Waals surface area contributed by atoms with Crippen molar-refractivity contribution >= 4 is 24.2 Å². The molecular weight excluding hydrogens is 326 g/mol. The van der Waals surface area contributed by atoms with Crippen molar-refractivity contribution in [1.82, 2.24) is 10.2 Å². The number of carbonyl (C=O) groups is 2.